The molecule has 21 heavy (non-hydrogen) atoms. The molecule has 1 fully saturated rings. The van der Waals surface area contributed by atoms with Crippen molar-refractivity contribution in [2.24, 2.45) is 5.41 Å². The van der Waals surface area contributed by atoms with Crippen LogP contribution in [0.5, 0.6) is 0 Å². The Morgan fingerprint density at radius 2 is 1.76 bits per heavy atom. The molecule has 2 heteroatoms. The van der Waals surface area contributed by atoms with E-state index in [4.69, 9.17) is 0 Å². The van der Waals surface area contributed by atoms with Crippen molar-refractivity contribution in [3.63, 3.8) is 0 Å². The van der Waals surface area contributed by atoms with Gasteiger partial charge in [-0.15, -0.1) is 0 Å². The minimum atomic E-state index is 0.114. The van der Waals surface area contributed by atoms with Crippen molar-refractivity contribution in [1.29, 1.82) is 0 Å². The monoisotopic (exact) mass is 282 g/mol. The highest BCUT2D eigenvalue weighted by Crippen LogP contribution is 2.70. The summed E-state index contributed by atoms with van der Waals surface area (Å²) in [6, 6.07) is 9.35. The first-order valence-electron chi connectivity index (χ1n) is 8.14. The Balaban J connectivity index is 2.07. The van der Waals surface area contributed by atoms with Gasteiger partial charge < -0.3 is 4.98 Å². The highest BCUT2D eigenvalue weighted by atomic mass is 15.4. The average Bonchev–Trinajstić information content (AvgIpc) is 2.75. The molecule has 2 unspecified atom stereocenters. The van der Waals surface area contributed by atoms with Gasteiger partial charge in [0.05, 0.1) is 5.54 Å². The van der Waals surface area contributed by atoms with Crippen LogP contribution in [0, 0.1) is 5.41 Å². The molecule has 2 bridgehead atoms. The second-order valence-corrected chi connectivity index (χ2v) is 8.14. The molecule has 3 heterocycles. The number of fused-ring (bicyclic) bond motifs is 1. The van der Waals surface area contributed by atoms with Gasteiger partial charge in [0.15, 0.2) is 0 Å². The van der Waals surface area contributed by atoms with E-state index in [2.05, 4.69) is 75.7 Å². The normalized spacial score (nSPS) is 34.0. The lowest BCUT2D eigenvalue weighted by Gasteiger charge is -2.78. The number of H-pyrrole nitrogens is 1. The lowest BCUT2D eigenvalue weighted by atomic mass is 9.44. The van der Waals surface area contributed by atoms with Crippen LogP contribution in [0.25, 0.3) is 10.9 Å². The number of nitrogens with zero attached hydrogens (tertiary/aromatic N) is 1. The molecule has 1 aromatic carbocycles. The zero-order valence-electron chi connectivity index (χ0n) is 14.0. The van der Waals surface area contributed by atoms with Crippen molar-refractivity contribution in [3.8, 4) is 0 Å². The number of aromatic amines is 1. The standard InChI is InChI=1S/C19H26N2/c1-12(2)21-18(5)11-15-16(19(21,6)17(18,3)4)13-9-7-8-10-14(13)20-15/h7-10,12,20H,11H2,1-6H3. The quantitative estimate of drug-likeness (QED) is 0.819. The van der Waals surface area contributed by atoms with E-state index < -0.39 is 0 Å². The maximum Gasteiger partial charge on any atom is 0.0533 e. The Morgan fingerprint density at radius 1 is 1.10 bits per heavy atom. The molecule has 1 saturated heterocycles. The zero-order valence-corrected chi connectivity index (χ0v) is 14.0. The van der Waals surface area contributed by atoms with Crippen LogP contribution in [0.1, 0.15) is 52.8 Å². The molecule has 2 aliphatic heterocycles. The number of hydrogen-bond acceptors (Lipinski definition) is 1. The third kappa shape index (κ3) is 1.18. The van der Waals surface area contributed by atoms with Crippen LogP contribution < -0.4 is 0 Å². The first-order chi connectivity index (χ1) is 9.75. The van der Waals surface area contributed by atoms with Gasteiger partial charge in [-0.3, -0.25) is 4.90 Å². The van der Waals surface area contributed by atoms with Gasteiger partial charge in [-0.2, -0.15) is 0 Å². The second kappa shape index (κ2) is 3.55. The van der Waals surface area contributed by atoms with Crippen molar-refractivity contribution in [2.45, 2.75) is 65.1 Å². The molecule has 2 nitrogen and oxygen atoms in total. The summed E-state index contributed by atoms with van der Waals surface area (Å²) < 4.78 is 0. The van der Waals surface area contributed by atoms with Gasteiger partial charge in [0.1, 0.15) is 0 Å². The summed E-state index contributed by atoms with van der Waals surface area (Å²) in [6.45, 7) is 14.5. The Kier molecular flexibility index (Phi) is 2.26. The van der Waals surface area contributed by atoms with E-state index in [1.165, 1.54) is 16.6 Å². The van der Waals surface area contributed by atoms with E-state index in [0.29, 0.717) is 6.04 Å². The fourth-order valence-electron chi connectivity index (χ4n) is 5.62. The molecular weight excluding hydrogens is 256 g/mol. The lowest BCUT2D eigenvalue weighted by Crippen LogP contribution is -2.85. The van der Waals surface area contributed by atoms with Crippen LogP contribution in [0.3, 0.4) is 0 Å². The van der Waals surface area contributed by atoms with E-state index in [9.17, 15) is 0 Å². The summed E-state index contributed by atoms with van der Waals surface area (Å²) in [7, 11) is 0. The highest BCUT2D eigenvalue weighted by molar-refractivity contribution is 5.87. The molecule has 2 atom stereocenters. The van der Waals surface area contributed by atoms with Gasteiger partial charge in [-0.1, -0.05) is 32.0 Å². The van der Waals surface area contributed by atoms with Crippen LogP contribution in [0.15, 0.2) is 24.3 Å². The molecular formula is C19H26N2. The third-order valence-corrected chi connectivity index (χ3v) is 6.88. The van der Waals surface area contributed by atoms with Gasteiger partial charge in [-0.05, 0) is 33.8 Å². The Bertz CT molecular complexity index is 739. The van der Waals surface area contributed by atoms with E-state index in [1.807, 2.05) is 0 Å². The lowest BCUT2D eigenvalue weighted by molar-refractivity contribution is -0.276. The third-order valence-electron chi connectivity index (χ3n) is 6.88. The Labute approximate surface area is 127 Å². The predicted octanol–water partition coefficient (Wildman–Crippen LogP) is 4.45. The molecule has 112 valence electrons. The van der Waals surface area contributed by atoms with Crippen molar-refractivity contribution in [2.75, 3.05) is 0 Å². The number of rotatable bonds is 1. The van der Waals surface area contributed by atoms with Crippen LogP contribution >= 0.6 is 0 Å². The van der Waals surface area contributed by atoms with Crippen LogP contribution in [-0.4, -0.2) is 21.5 Å². The second-order valence-electron chi connectivity index (χ2n) is 8.14. The van der Waals surface area contributed by atoms with Crippen LogP contribution in [0.2, 0.25) is 0 Å². The van der Waals surface area contributed by atoms with Gasteiger partial charge in [0, 0.05) is 45.6 Å². The van der Waals surface area contributed by atoms with E-state index in [-0.39, 0.29) is 16.5 Å². The highest BCUT2D eigenvalue weighted by Gasteiger charge is 2.74. The number of aromatic nitrogens is 1. The topological polar surface area (TPSA) is 19.0 Å². The molecule has 0 saturated carbocycles. The summed E-state index contributed by atoms with van der Waals surface area (Å²) >= 11 is 0. The number of benzene rings is 1. The maximum absolute atomic E-state index is 3.70. The minimum Gasteiger partial charge on any atom is -0.358 e. The predicted molar refractivity (Wildman–Crippen MR) is 88.5 cm³/mol. The average molecular weight is 282 g/mol. The fourth-order valence-corrected chi connectivity index (χ4v) is 5.62. The number of hydrogen-bond donors (Lipinski definition) is 1. The largest absolute Gasteiger partial charge is 0.358 e. The zero-order chi connectivity index (χ0) is 15.2. The molecule has 3 aliphatic rings. The van der Waals surface area contributed by atoms with E-state index >= 15 is 0 Å². The number of para-hydroxylation sites is 1. The van der Waals surface area contributed by atoms with Gasteiger partial charge in [-0.25, -0.2) is 0 Å². The van der Waals surface area contributed by atoms with Crippen molar-refractivity contribution < 1.29 is 0 Å². The Hall–Kier alpha value is -1.28. The van der Waals surface area contributed by atoms with Gasteiger partial charge >= 0.3 is 0 Å². The molecule has 5 rings (SSSR count). The van der Waals surface area contributed by atoms with E-state index in [0.717, 1.165) is 6.42 Å². The number of nitrogens with one attached hydrogen (secondary N) is 1. The van der Waals surface area contributed by atoms with E-state index in [1.54, 1.807) is 5.56 Å². The first kappa shape index (κ1) is 13.4. The van der Waals surface area contributed by atoms with Crippen molar-refractivity contribution in [1.82, 2.24) is 9.88 Å². The molecule has 1 N–H and O–H groups in total. The molecule has 0 amide bonds. The smallest absolute Gasteiger partial charge is 0.0533 e. The fraction of sp³-hybridized carbons (Fsp3) is 0.579. The van der Waals surface area contributed by atoms with Crippen LogP contribution in [0.4, 0.5) is 0 Å². The van der Waals surface area contributed by atoms with Crippen molar-refractivity contribution >= 4 is 10.9 Å². The van der Waals surface area contributed by atoms with Crippen molar-refractivity contribution in [3.05, 3.63) is 35.5 Å². The minimum absolute atomic E-state index is 0.114. The molecule has 1 aromatic heterocycles. The maximum atomic E-state index is 3.70. The van der Waals surface area contributed by atoms with Gasteiger partial charge in [0.25, 0.3) is 0 Å². The molecule has 0 radical (unpaired) electrons. The molecule has 2 aromatic rings. The summed E-state index contributed by atoms with van der Waals surface area (Å²) in [5.74, 6) is 0. The first-order valence-corrected chi connectivity index (χ1v) is 8.14. The summed E-state index contributed by atoms with van der Waals surface area (Å²) in [5, 5.41) is 1.41. The summed E-state index contributed by atoms with van der Waals surface area (Å²) in [4.78, 5) is 6.45. The summed E-state index contributed by atoms with van der Waals surface area (Å²) in [6.07, 6.45) is 1.12. The van der Waals surface area contributed by atoms with Gasteiger partial charge in [0.2, 0.25) is 0 Å². The molecule has 0 spiro atoms. The summed E-state index contributed by atoms with van der Waals surface area (Å²) in [5.41, 5.74) is 4.92. The Morgan fingerprint density at radius 3 is 2.43 bits per heavy atom. The van der Waals surface area contributed by atoms with Crippen LogP contribution in [-0.2, 0) is 12.0 Å². The SMILES string of the molecule is CC(C)N1C2(C)Cc3[nH]c4ccccc4c3C1(C)C2(C)C. The molecule has 1 aliphatic carbocycles.